The molecule has 1 saturated heterocycles. The fourth-order valence-corrected chi connectivity index (χ4v) is 1.40. The number of nitrogens with zero attached hydrogens (tertiary/aromatic N) is 1. The minimum Gasteiger partial charge on any atom is -0.379 e. The van der Waals surface area contributed by atoms with Crippen LogP contribution in [-0.4, -0.2) is 31.3 Å². The molecule has 0 aliphatic carbocycles. The summed E-state index contributed by atoms with van der Waals surface area (Å²) < 4.78 is 5.33. The van der Waals surface area contributed by atoms with Crippen molar-refractivity contribution in [2.24, 2.45) is 10.8 Å². The van der Waals surface area contributed by atoms with E-state index >= 15 is 0 Å². The third-order valence-corrected chi connectivity index (χ3v) is 2.01. The van der Waals surface area contributed by atoms with E-state index in [9.17, 15) is 0 Å². The summed E-state index contributed by atoms with van der Waals surface area (Å²) in [6.45, 7) is 5.65. The standard InChI is InChI=1S/C9H20N4O/c1-7(2)11-9(13-10)12-8-4-3-5-14-6-8/h7-8H,3-6,10H2,1-2H3,(H2,11,12,13). The van der Waals surface area contributed by atoms with Crippen molar-refractivity contribution in [2.45, 2.75) is 38.8 Å². The van der Waals surface area contributed by atoms with Crippen LogP contribution in [-0.2, 0) is 4.74 Å². The Kier molecular flexibility index (Phi) is 4.69. The van der Waals surface area contributed by atoms with Gasteiger partial charge in [-0.05, 0) is 26.7 Å². The predicted octanol–water partition coefficient (Wildman–Crippen LogP) is -0.0173. The molecule has 1 aliphatic rings. The number of ether oxygens (including phenoxy) is 1. The highest BCUT2D eigenvalue weighted by Crippen LogP contribution is 2.09. The molecule has 5 nitrogen and oxygen atoms in total. The van der Waals surface area contributed by atoms with Crippen LogP contribution in [0.3, 0.4) is 0 Å². The molecule has 0 radical (unpaired) electrons. The predicted molar refractivity (Wildman–Crippen MR) is 56.9 cm³/mol. The second-order valence-corrected chi connectivity index (χ2v) is 3.79. The summed E-state index contributed by atoms with van der Waals surface area (Å²) in [4.78, 5) is 4.44. The van der Waals surface area contributed by atoms with Gasteiger partial charge in [-0.1, -0.05) is 0 Å². The van der Waals surface area contributed by atoms with E-state index in [2.05, 4.69) is 15.7 Å². The van der Waals surface area contributed by atoms with Gasteiger partial charge in [0.1, 0.15) is 0 Å². The lowest BCUT2D eigenvalue weighted by atomic mass is 10.1. The molecule has 1 unspecified atom stereocenters. The first-order valence-electron chi connectivity index (χ1n) is 5.11. The van der Waals surface area contributed by atoms with Gasteiger partial charge < -0.3 is 10.1 Å². The average Bonchev–Trinajstić information content (AvgIpc) is 2.17. The van der Waals surface area contributed by atoms with Gasteiger partial charge in [0.15, 0.2) is 0 Å². The van der Waals surface area contributed by atoms with Crippen LogP contribution < -0.4 is 16.6 Å². The second kappa shape index (κ2) is 5.82. The molecule has 5 heteroatoms. The zero-order valence-corrected chi connectivity index (χ0v) is 8.92. The SMILES string of the molecule is CC(C)NC(=NC1CCCOC1)NN. The Morgan fingerprint density at radius 1 is 1.57 bits per heavy atom. The molecule has 1 atom stereocenters. The quantitative estimate of drug-likeness (QED) is 0.253. The van der Waals surface area contributed by atoms with E-state index in [1.165, 1.54) is 0 Å². The lowest BCUT2D eigenvalue weighted by Crippen LogP contribution is -2.45. The summed E-state index contributed by atoms with van der Waals surface area (Å²) in [5.41, 5.74) is 2.56. The average molecular weight is 200 g/mol. The normalized spacial score (nSPS) is 23.7. The first-order valence-corrected chi connectivity index (χ1v) is 5.11. The summed E-state index contributed by atoms with van der Waals surface area (Å²) in [6, 6.07) is 0.565. The molecular formula is C9H20N4O. The minimum atomic E-state index is 0.237. The van der Waals surface area contributed by atoms with Crippen LogP contribution in [0.5, 0.6) is 0 Å². The van der Waals surface area contributed by atoms with Crippen LogP contribution >= 0.6 is 0 Å². The van der Waals surface area contributed by atoms with Gasteiger partial charge in [-0.2, -0.15) is 0 Å². The Balaban J connectivity index is 2.43. The summed E-state index contributed by atoms with van der Waals surface area (Å²) in [5, 5.41) is 3.14. The summed E-state index contributed by atoms with van der Waals surface area (Å²) >= 11 is 0. The fraction of sp³-hybridized carbons (Fsp3) is 0.889. The lowest BCUT2D eigenvalue weighted by molar-refractivity contribution is 0.0826. The number of nitrogens with two attached hydrogens (primary N) is 1. The maximum Gasteiger partial charge on any atom is 0.206 e. The first-order chi connectivity index (χ1) is 6.72. The van der Waals surface area contributed by atoms with Crippen LogP contribution in [0.15, 0.2) is 4.99 Å². The Hall–Kier alpha value is -0.810. The van der Waals surface area contributed by atoms with Crippen molar-refractivity contribution >= 4 is 5.96 Å². The minimum absolute atomic E-state index is 0.237. The third-order valence-electron chi connectivity index (χ3n) is 2.01. The maximum atomic E-state index is 5.35. The lowest BCUT2D eigenvalue weighted by Gasteiger charge is -2.20. The molecule has 1 rings (SSSR count). The van der Waals surface area contributed by atoms with Gasteiger partial charge in [0.05, 0.1) is 12.6 Å². The van der Waals surface area contributed by atoms with Gasteiger partial charge in [0.2, 0.25) is 5.96 Å². The monoisotopic (exact) mass is 200 g/mol. The third kappa shape index (κ3) is 3.93. The van der Waals surface area contributed by atoms with Gasteiger partial charge in [-0.15, -0.1) is 0 Å². The number of rotatable bonds is 2. The van der Waals surface area contributed by atoms with E-state index in [4.69, 9.17) is 10.6 Å². The zero-order valence-electron chi connectivity index (χ0n) is 8.92. The highest BCUT2D eigenvalue weighted by molar-refractivity contribution is 5.79. The van der Waals surface area contributed by atoms with E-state index in [0.29, 0.717) is 18.6 Å². The molecular weight excluding hydrogens is 180 g/mol. The molecule has 0 aromatic heterocycles. The summed E-state index contributed by atoms with van der Waals surface area (Å²) in [5.74, 6) is 6.00. The molecule has 1 fully saturated rings. The molecule has 0 aromatic carbocycles. The van der Waals surface area contributed by atoms with Crippen LogP contribution in [0.1, 0.15) is 26.7 Å². The molecule has 1 heterocycles. The molecule has 0 amide bonds. The summed E-state index contributed by atoms with van der Waals surface area (Å²) in [6.07, 6.45) is 2.15. The largest absolute Gasteiger partial charge is 0.379 e. The number of nitrogens with one attached hydrogen (secondary N) is 2. The number of guanidine groups is 1. The van der Waals surface area contributed by atoms with Gasteiger partial charge in [0, 0.05) is 12.6 Å². The zero-order chi connectivity index (χ0) is 10.4. The number of hydrazine groups is 1. The number of aliphatic imine (C=N–C) groups is 1. The van der Waals surface area contributed by atoms with E-state index in [-0.39, 0.29) is 6.04 Å². The fourth-order valence-electron chi connectivity index (χ4n) is 1.40. The molecule has 0 bridgehead atoms. The molecule has 0 saturated carbocycles. The summed E-state index contributed by atoms with van der Waals surface area (Å²) in [7, 11) is 0. The molecule has 4 N–H and O–H groups in total. The first kappa shape index (κ1) is 11.3. The van der Waals surface area contributed by atoms with E-state index in [1.807, 2.05) is 13.8 Å². The van der Waals surface area contributed by atoms with Gasteiger partial charge in [-0.3, -0.25) is 5.43 Å². The van der Waals surface area contributed by atoms with Crippen LogP contribution in [0.4, 0.5) is 0 Å². The van der Waals surface area contributed by atoms with Gasteiger partial charge in [0.25, 0.3) is 0 Å². The van der Waals surface area contributed by atoms with Crippen molar-refractivity contribution in [2.75, 3.05) is 13.2 Å². The van der Waals surface area contributed by atoms with Crippen molar-refractivity contribution < 1.29 is 4.74 Å². The van der Waals surface area contributed by atoms with Crippen molar-refractivity contribution in [1.29, 1.82) is 0 Å². The van der Waals surface area contributed by atoms with Crippen molar-refractivity contribution in [3.8, 4) is 0 Å². The van der Waals surface area contributed by atoms with Crippen molar-refractivity contribution in [3.63, 3.8) is 0 Å². The van der Waals surface area contributed by atoms with E-state index in [1.54, 1.807) is 0 Å². The van der Waals surface area contributed by atoms with Gasteiger partial charge in [-0.25, -0.2) is 10.8 Å². The van der Waals surface area contributed by atoms with Crippen molar-refractivity contribution in [1.82, 2.24) is 10.7 Å². The number of hydrogen-bond acceptors (Lipinski definition) is 3. The topological polar surface area (TPSA) is 71.7 Å². The van der Waals surface area contributed by atoms with Crippen LogP contribution in [0.25, 0.3) is 0 Å². The Bertz CT molecular complexity index is 187. The van der Waals surface area contributed by atoms with E-state index in [0.717, 1.165) is 19.4 Å². The van der Waals surface area contributed by atoms with Crippen LogP contribution in [0.2, 0.25) is 0 Å². The molecule has 82 valence electrons. The van der Waals surface area contributed by atoms with Gasteiger partial charge >= 0.3 is 0 Å². The molecule has 0 spiro atoms. The maximum absolute atomic E-state index is 5.35. The number of hydrogen-bond donors (Lipinski definition) is 3. The molecule has 0 aromatic rings. The highest BCUT2D eigenvalue weighted by Gasteiger charge is 2.13. The smallest absolute Gasteiger partial charge is 0.206 e. The molecule has 14 heavy (non-hydrogen) atoms. The van der Waals surface area contributed by atoms with E-state index < -0.39 is 0 Å². The Morgan fingerprint density at radius 3 is 2.86 bits per heavy atom. The molecule has 1 aliphatic heterocycles. The Labute approximate surface area is 85.1 Å². The van der Waals surface area contributed by atoms with Crippen molar-refractivity contribution in [3.05, 3.63) is 0 Å². The highest BCUT2D eigenvalue weighted by atomic mass is 16.5. The van der Waals surface area contributed by atoms with Crippen LogP contribution in [0, 0.1) is 0 Å². The Morgan fingerprint density at radius 2 is 2.36 bits per heavy atom. The second-order valence-electron chi connectivity index (χ2n) is 3.79.